The second kappa shape index (κ2) is 28.6. The van der Waals surface area contributed by atoms with Crippen molar-refractivity contribution in [1.82, 2.24) is 0 Å². The lowest BCUT2D eigenvalue weighted by Crippen LogP contribution is -2.59. The van der Waals surface area contributed by atoms with E-state index in [1.165, 1.54) is 116 Å². The van der Waals surface area contributed by atoms with Gasteiger partial charge < -0.3 is 45.2 Å². The topological polar surface area (TPSA) is 160 Å². The van der Waals surface area contributed by atoms with Crippen LogP contribution < -0.4 is 0 Å². The molecule has 0 spiro atoms. The molecule has 0 aromatic heterocycles. The van der Waals surface area contributed by atoms with Crippen LogP contribution in [0.4, 0.5) is 0 Å². The van der Waals surface area contributed by atoms with Crippen LogP contribution in [0.1, 0.15) is 167 Å². The van der Waals surface area contributed by atoms with Crippen LogP contribution >= 0.6 is 0 Å². The molecule has 1 aliphatic heterocycles. The molecule has 0 radical (unpaired) electrons. The van der Waals surface area contributed by atoms with E-state index in [2.05, 4.69) is 0 Å². The van der Waals surface area contributed by atoms with Crippen LogP contribution in [0.25, 0.3) is 0 Å². The number of aliphatic hydroxyl groups excluding tert-OH is 7. The van der Waals surface area contributed by atoms with E-state index in [9.17, 15) is 35.7 Å². The summed E-state index contributed by atoms with van der Waals surface area (Å²) in [6, 6.07) is 0. The molecule has 0 aliphatic carbocycles. The van der Waals surface area contributed by atoms with Crippen LogP contribution in [0.3, 0.4) is 0 Å². The van der Waals surface area contributed by atoms with Crippen molar-refractivity contribution in [2.75, 3.05) is 13.2 Å². The number of unbranched alkanes of at least 4 members (excludes halogenated alkanes) is 20. The molecular formula is C36H72O9. The maximum atomic E-state index is 10.2. The van der Waals surface area contributed by atoms with E-state index in [1.54, 1.807) is 6.92 Å². The average Bonchev–Trinajstić information content (AvgIpc) is 3.01. The van der Waals surface area contributed by atoms with Crippen LogP contribution in [0, 0.1) is 0 Å². The Morgan fingerprint density at radius 2 is 0.889 bits per heavy atom. The lowest BCUT2D eigenvalue weighted by Gasteiger charge is -2.39. The minimum absolute atomic E-state index is 0.160. The highest BCUT2D eigenvalue weighted by atomic mass is 16.7. The zero-order valence-electron chi connectivity index (χ0n) is 28.7. The fraction of sp³-hybridized carbons (Fsp3) is 1.00. The summed E-state index contributed by atoms with van der Waals surface area (Å²) in [5, 5.41) is 68.1. The molecule has 9 nitrogen and oxygen atoms in total. The van der Waals surface area contributed by atoms with E-state index < -0.39 is 49.5 Å². The Bertz CT molecular complexity index is 636. The predicted octanol–water partition coefficient (Wildman–Crippen LogP) is 5.66. The Kier molecular flexibility index (Phi) is 27.1. The first-order chi connectivity index (χ1) is 21.8. The molecule has 1 saturated heterocycles. The van der Waals surface area contributed by atoms with Crippen molar-refractivity contribution < 1.29 is 45.2 Å². The number of hydrogen-bond acceptors (Lipinski definition) is 9. The van der Waals surface area contributed by atoms with Crippen molar-refractivity contribution in [1.29, 1.82) is 0 Å². The fourth-order valence-electron chi connectivity index (χ4n) is 6.30. The van der Waals surface area contributed by atoms with Crippen molar-refractivity contribution in [2.24, 2.45) is 0 Å². The van der Waals surface area contributed by atoms with Gasteiger partial charge in [-0.05, 0) is 32.6 Å². The number of hydrogen-bond donors (Lipinski definition) is 7. The van der Waals surface area contributed by atoms with E-state index >= 15 is 0 Å². The van der Waals surface area contributed by atoms with Crippen molar-refractivity contribution in [2.45, 2.75) is 216 Å². The van der Waals surface area contributed by atoms with Gasteiger partial charge in [-0.3, -0.25) is 0 Å². The molecule has 0 aromatic rings. The largest absolute Gasteiger partial charge is 0.394 e. The van der Waals surface area contributed by atoms with Gasteiger partial charge in [0.25, 0.3) is 0 Å². The molecule has 9 heteroatoms. The fourth-order valence-corrected chi connectivity index (χ4v) is 6.30. The molecule has 1 rings (SSSR count). The molecule has 1 fully saturated rings. The van der Waals surface area contributed by atoms with Gasteiger partial charge in [0.2, 0.25) is 0 Å². The first-order valence-electron chi connectivity index (χ1n) is 18.7. The third-order valence-electron chi connectivity index (χ3n) is 9.27. The van der Waals surface area contributed by atoms with E-state index in [-0.39, 0.29) is 12.7 Å². The molecule has 0 bridgehead atoms. The highest BCUT2D eigenvalue weighted by molar-refractivity contribution is 4.88. The first-order valence-corrected chi connectivity index (χ1v) is 18.7. The summed E-state index contributed by atoms with van der Waals surface area (Å²) in [5.41, 5.74) is 0. The van der Waals surface area contributed by atoms with Crippen LogP contribution in [0.2, 0.25) is 0 Å². The Morgan fingerprint density at radius 3 is 1.27 bits per heavy atom. The summed E-state index contributed by atoms with van der Waals surface area (Å²) in [6.45, 7) is 1.41. The lowest BCUT2D eigenvalue weighted by molar-refractivity contribution is -0.301. The quantitative estimate of drug-likeness (QED) is 0.0471. The first kappa shape index (κ1) is 42.7. The summed E-state index contributed by atoms with van der Waals surface area (Å²) >= 11 is 0. The zero-order chi connectivity index (χ0) is 33.1. The third-order valence-corrected chi connectivity index (χ3v) is 9.27. The van der Waals surface area contributed by atoms with E-state index in [4.69, 9.17) is 9.47 Å². The van der Waals surface area contributed by atoms with Crippen molar-refractivity contribution in [3.63, 3.8) is 0 Å². The average molecular weight is 649 g/mol. The second-order valence-corrected chi connectivity index (χ2v) is 13.8. The lowest BCUT2D eigenvalue weighted by atomic mass is 9.99. The molecule has 0 saturated carbocycles. The summed E-state index contributed by atoms with van der Waals surface area (Å²) in [6.07, 6.45) is 21.9. The van der Waals surface area contributed by atoms with Crippen molar-refractivity contribution in [3.8, 4) is 0 Å². The highest BCUT2D eigenvalue weighted by Gasteiger charge is 2.43. The normalized spacial score (nSPS) is 24.1. The monoisotopic (exact) mass is 649 g/mol. The van der Waals surface area contributed by atoms with Crippen LogP contribution in [-0.4, -0.2) is 98.0 Å². The third kappa shape index (κ3) is 22.8. The molecular weight excluding hydrogens is 576 g/mol. The minimum Gasteiger partial charge on any atom is -0.394 e. The van der Waals surface area contributed by atoms with Crippen LogP contribution in [0.15, 0.2) is 0 Å². The van der Waals surface area contributed by atoms with E-state index in [0.717, 1.165) is 25.7 Å². The molecule has 1 heterocycles. The van der Waals surface area contributed by atoms with E-state index in [0.29, 0.717) is 19.3 Å². The smallest absolute Gasteiger partial charge is 0.186 e. The minimum atomic E-state index is -1.45. The number of ether oxygens (including phenoxy) is 2. The molecule has 0 unspecified atom stereocenters. The molecule has 45 heavy (non-hydrogen) atoms. The standard InChI is InChI=1S/C36H72O9/c1-29(38)27-31(40)24-22-20-18-16-14-12-10-8-6-4-2-3-5-7-9-11-13-15-17-19-21-23-30(39)25-26-44-36-35(43)34(42)33(41)32(28-37)45-36/h29-43H,2-28H2,1H3/t29-,30-,31+,32-,33+,34+,35-,36+/m1/s1. The van der Waals surface area contributed by atoms with E-state index in [1.807, 2.05) is 0 Å². The summed E-state index contributed by atoms with van der Waals surface area (Å²) < 4.78 is 10.8. The maximum Gasteiger partial charge on any atom is 0.186 e. The van der Waals surface area contributed by atoms with Gasteiger partial charge in [0.15, 0.2) is 6.29 Å². The van der Waals surface area contributed by atoms with Gasteiger partial charge in [-0.1, -0.05) is 135 Å². The van der Waals surface area contributed by atoms with Gasteiger partial charge in [-0.2, -0.15) is 0 Å². The predicted molar refractivity (Wildman–Crippen MR) is 179 cm³/mol. The second-order valence-electron chi connectivity index (χ2n) is 13.8. The molecule has 8 atom stereocenters. The molecule has 270 valence electrons. The zero-order valence-corrected chi connectivity index (χ0v) is 28.7. The Labute approximate surface area is 274 Å². The molecule has 0 amide bonds. The van der Waals surface area contributed by atoms with Gasteiger partial charge in [0.1, 0.15) is 24.4 Å². The van der Waals surface area contributed by atoms with Gasteiger partial charge >= 0.3 is 0 Å². The molecule has 7 N–H and O–H groups in total. The van der Waals surface area contributed by atoms with Gasteiger partial charge in [0.05, 0.1) is 31.5 Å². The van der Waals surface area contributed by atoms with Crippen LogP contribution in [-0.2, 0) is 9.47 Å². The van der Waals surface area contributed by atoms with Crippen LogP contribution in [0.5, 0.6) is 0 Å². The molecule has 1 aliphatic rings. The highest BCUT2D eigenvalue weighted by Crippen LogP contribution is 2.22. The Hall–Kier alpha value is -0.360. The SMILES string of the molecule is C[C@@H](O)C[C@@H](O)CCCCCCCCCCCCCCCCCCCCCCC[C@@H](O)CCO[C@H]1O[C@H](CO)[C@H](O)[C@H](O)[C@H]1O. The number of rotatable bonds is 31. The van der Waals surface area contributed by atoms with Crippen molar-refractivity contribution in [3.05, 3.63) is 0 Å². The summed E-state index contributed by atoms with van der Waals surface area (Å²) in [7, 11) is 0. The Balaban J connectivity index is 1.77. The van der Waals surface area contributed by atoms with Crippen molar-refractivity contribution >= 4 is 0 Å². The summed E-state index contributed by atoms with van der Waals surface area (Å²) in [5.74, 6) is 0. The Morgan fingerprint density at radius 1 is 0.511 bits per heavy atom. The van der Waals surface area contributed by atoms with Gasteiger partial charge in [-0.15, -0.1) is 0 Å². The molecule has 0 aromatic carbocycles. The maximum absolute atomic E-state index is 10.2. The number of aliphatic hydroxyl groups is 7. The van der Waals surface area contributed by atoms with Gasteiger partial charge in [0, 0.05) is 0 Å². The summed E-state index contributed by atoms with van der Waals surface area (Å²) in [4.78, 5) is 0. The van der Waals surface area contributed by atoms with Gasteiger partial charge in [-0.25, -0.2) is 0 Å².